The second-order valence-electron chi connectivity index (χ2n) is 5.61. The highest BCUT2D eigenvalue weighted by Crippen LogP contribution is 2.47. The Kier molecular flexibility index (Phi) is 9.93. The number of rotatable bonds is 11. The molecule has 25 heavy (non-hydrogen) atoms. The lowest BCUT2D eigenvalue weighted by atomic mass is 10.1. The molecule has 0 heterocycles. The van der Waals surface area contributed by atoms with Crippen LogP contribution in [-0.4, -0.2) is 48.1 Å². The Hall–Kier alpha value is -0.170. The monoisotopic (exact) mass is 413 g/mol. The van der Waals surface area contributed by atoms with Crippen LogP contribution in [0.25, 0.3) is 0 Å². The number of nitrogens with one attached hydrogen (secondary N) is 1. The molecule has 0 fully saturated rings. The van der Waals surface area contributed by atoms with E-state index in [4.69, 9.17) is 32.7 Å². The molecule has 0 aromatic heterocycles. The van der Waals surface area contributed by atoms with E-state index in [-0.39, 0.29) is 32.0 Å². The molecule has 0 aliphatic heterocycles. The predicted molar refractivity (Wildman–Crippen MR) is 101 cm³/mol. The second kappa shape index (κ2) is 10.9. The van der Waals surface area contributed by atoms with Crippen molar-refractivity contribution in [2.24, 2.45) is 0 Å². The number of aliphatic hydroxyl groups excluding tert-OH is 1. The Balaban J connectivity index is 2.58. The Labute approximate surface area is 158 Å². The number of aliphatic hydroxyl groups is 1. The van der Waals surface area contributed by atoms with Crippen LogP contribution in [0.15, 0.2) is 18.2 Å². The normalized spacial score (nSPS) is 16.6. The maximum Gasteiger partial charge on any atom is 0.257 e. The van der Waals surface area contributed by atoms with Gasteiger partial charge in [0.2, 0.25) is 6.03 Å². The van der Waals surface area contributed by atoms with Gasteiger partial charge in [-0.25, -0.2) is 0 Å². The molecule has 3 N–H and O–H groups in total. The summed E-state index contributed by atoms with van der Waals surface area (Å²) < 4.78 is 22.7. The van der Waals surface area contributed by atoms with Crippen LogP contribution >= 0.6 is 30.6 Å². The molecule has 0 aliphatic rings. The highest BCUT2D eigenvalue weighted by Gasteiger charge is 2.34. The number of ether oxygens (including phenoxy) is 2. The minimum Gasteiger partial charge on any atom is -0.391 e. The molecule has 0 spiro atoms. The first-order valence-electron chi connectivity index (χ1n) is 8.12. The number of halogens is 2. The molecule has 9 heteroatoms. The molecule has 1 rings (SSSR count). The largest absolute Gasteiger partial charge is 0.391 e. The van der Waals surface area contributed by atoms with E-state index in [1.165, 1.54) is 0 Å². The number of hydrogen-bond donors (Lipinski definition) is 3. The van der Waals surface area contributed by atoms with Crippen molar-refractivity contribution in [3.05, 3.63) is 33.8 Å². The van der Waals surface area contributed by atoms with Gasteiger partial charge < -0.3 is 24.8 Å². The van der Waals surface area contributed by atoms with E-state index in [1.807, 2.05) is 13.0 Å². The van der Waals surface area contributed by atoms with Gasteiger partial charge in [-0.2, -0.15) is 0 Å². The summed E-state index contributed by atoms with van der Waals surface area (Å²) in [6.07, 6.45) is -1.34. The van der Waals surface area contributed by atoms with Crippen molar-refractivity contribution in [1.29, 1.82) is 0 Å². The summed E-state index contributed by atoms with van der Waals surface area (Å²) in [7, 11) is -3.81. The van der Waals surface area contributed by atoms with E-state index in [1.54, 1.807) is 26.0 Å². The summed E-state index contributed by atoms with van der Waals surface area (Å²) in [6, 6.07) is 3.94. The van der Waals surface area contributed by atoms with Gasteiger partial charge in [0, 0.05) is 25.8 Å². The average Bonchev–Trinajstić information content (AvgIpc) is 2.54. The molecule has 1 aromatic rings. The lowest BCUT2D eigenvalue weighted by molar-refractivity contribution is -0.0876. The molecule has 144 valence electrons. The summed E-state index contributed by atoms with van der Waals surface area (Å²) in [6.45, 7) is 5.95. The van der Waals surface area contributed by atoms with Crippen molar-refractivity contribution >= 4 is 30.6 Å². The Morgan fingerprint density at radius 1 is 1.20 bits per heavy atom. The van der Waals surface area contributed by atoms with E-state index in [0.717, 1.165) is 5.56 Å². The van der Waals surface area contributed by atoms with Gasteiger partial charge in [-0.1, -0.05) is 29.3 Å². The molecule has 1 aromatic carbocycles. The van der Waals surface area contributed by atoms with Crippen molar-refractivity contribution in [3.63, 3.8) is 0 Å². The van der Waals surface area contributed by atoms with Crippen LogP contribution in [0, 0.1) is 0 Å². The van der Waals surface area contributed by atoms with Crippen LogP contribution < -0.4 is 5.32 Å². The first kappa shape index (κ1) is 22.9. The summed E-state index contributed by atoms with van der Waals surface area (Å²) in [5, 5.41) is 14.1. The van der Waals surface area contributed by atoms with Gasteiger partial charge >= 0.3 is 0 Å². The SMILES string of the molecule is CCOC(OCC)P(=O)(O)C[C@@H](O)CNC(C)c1ccc(Cl)c(Cl)c1. The zero-order chi connectivity index (χ0) is 19.0. The number of benzene rings is 1. The summed E-state index contributed by atoms with van der Waals surface area (Å²) in [4.78, 5) is 10.1. The minimum atomic E-state index is -3.81. The van der Waals surface area contributed by atoms with Gasteiger partial charge in [0.1, 0.15) is 0 Å². The Morgan fingerprint density at radius 2 is 1.80 bits per heavy atom. The van der Waals surface area contributed by atoms with E-state index >= 15 is 0 Å². The predicted octanol–water partition coefficient (Wildman–Crippen LogP) is 3.63. The minimum absolute atomic E-state index is 0.114. The lowest BCUT2D eigenvalue weighted by Crippen LogP contribution is -2.33. The van der Waals surface area contributed by atoms with E-state index < -0.39 is 19.5 Å². The lowest BCUT2D eigenvalue weighted by Gasteiger charge is -2.25. The second-order valence-corrected chi connectivity index (χ2v) is 8.73. The fourth-order valence-electron chi connectivity index (χ4n) is 2.23. The van der Waals surface area contributed by atoms with E-state index in [0.29, 0.717) is 10.0 Å². The van der Waals surface area contributed by atoms with Crippen LogP contribution in [0.3, 0.4) is 0 Å². The molecule has 0 amide bonds. The molecule has 0 bridgehead atoms. The standard InChI is InChI=1S/C16H26Cl2NO5P/c1-4-23-16(24-5-2)25(21,22)10-13(20)9-19-11(3)12-6-7-14(17)15(18)8-12/h6-8,11,13,16,19-20H,4-5,9-10H2,1-3H3,(H,21,22)/t11?,13-/m0/s1. The number of hydrogen-bond acceptors (Lipinski definition) is 5. The molecule has 0 saturated carbocycles. The molecule has 6 nitrogen and oxygen atoms in total. The zero-order valence-corrected chi connectivity index (χ0v) is 17.0. The smallest absolute Gasteiger partial charge is 0.257 e. The van der Waals surface area contributed by atoms with Crippen LogP contribution in [0.5, 0.6) is 0 Å². The van der Waals surface area contributed by atoms with Crippen molar-refractivity contribution in [3.8, 4) is 0 Å². The van der Waals surface area contributed by atoms with Crippen LogP contribution in [0.1, 0.15) is 32.4 Å². The molecule has 0 aliphatic carbocycles. The third kappa shape index (κ3) is 7.53. The third-order valence-corrected chi connectivity index (χ3v) is 6.16. The summed E-state index contributed by atoms with van der Waals surface area (Å²) >= 11 is 11.9. The van der Waals surface area contributed by atoms with E-state index in [9.17, 15) is 14.6 Å². The molecule has 0 saturated heterocycles. The van der Waals surface area contributed by atoms with Crippen LogP contribution in [0.4, 0.5) is 0 Å². The maximum absolute atomic E-state index is 12.4. The Morgan fingerprint density at radius 3 is 2.32 bits per heavy atom. The van der Waals surface area contributed by atoms with Crippen molar-refractivity contribution in [1.82, 2.24) is 5.32 Å². The van der Waals surface area contributed by atoms with Gasteiger partial charge in [0.15, 0.2) is 0 Å². The van der Waals surface area contributed by atoms with Gasteiger partial charge in [0.25, 0.3) is 7.37 Å². The van der Waals surface area contributed by atoms with Gasteiger partial charge in [0.05, 0.1) is 22.3 Å². The van der Waals surface area contributed by atoms with Gasteiger partial charge in [-0.3, -0.25) is 4.57 Å². The molecule has 0 radical (unpaired) electrons. The van der Waals surface area contributed by atoms with Crippen molar-refractivity contribution < 1.29 is 24.0 Å². The first-order valence-corrected chi connectivity index (χ1v) is 10.8. The summed E-state index contributed by atoms with van der Waals surface area (Å²) in [5.41, 5.74) is 0.898. The highest BCUT2D eigenvalue weighted by molar-refractivity contribution is 7.58. The maximum atomic E-state index is 12.4. The van der Waals surface area contributed by atoms with Gasteiger partial charge in [-0.05, 0) is 38.5 Å². The molecule has 2 unspecified atom stereocenters. The third-order valence-electron chi connectivity index (χ3n) is 3.52. The van der Waals surface area contributed by atoms with Crippen LogP contribution in [0.2, 0.25) is 10.0 Å². The highest BCUT2D eigenvalue weighted by atomic mass is 35.5. The first-order chi connectivity index (χ1) is 11.7. The zero-order valence-electron chi connectivity index (χ0n) is 14.6. The quantitative estimate of drug-likeness (QED) is 0.379. The fraction of sp³-hybridized carbons (Fsp3) is 0.625. The van der Waals surface area contributed by atoms with Crippen LogP contribution in [-0.2, 0) is 14.0 Å². The van der Waals surface area contributed by atoms with Crippen molar-refractivity contribution in [2.75, 3.05) is 25.9 Å². The topological polar surface area (TPSA) is 88.0 Å². The van der Waals surface area contributed by atoms with E-state index in [2.05, 4.69) is 5.32 Å². The summed E-state index contributed by atoms with van der Waals surface area (Å²) in [5.74, 6) is 0. The molecular formula is C16H26Cl2NO5P. The fourth-order valence-corrected chi connectivity index (χ4v) is 4.21. The molecular weight excluding hydrogens is 388 g/mol. The molecule has 3 atom stereocenters. The Bertz CT molecular complexity index is 584. The van der Waals surface area contributed by atoms with Crippen molar-refractivity contribution in [2.45, 2.75) is 38.9 Å². The van der Waals surface area contributed by atoms with Gasteiger partial charge in [-0.15, -0.1) is 0 Å². The average molecular weight is 414 g/mol.